The second kappa shape index (κ2) is 8.27. The first-order valence-electron chi connectivity index (χ1n) is 9.56. The summed E-state index contributed by atoms with van der Waals surface area (Å²) < 4.78 is 11.4. The van der Waals surface area contributed by atoms with Crippen molar-refractivity contribution in [1.82, 2.24) is 0 Å². The Bertz CT molecular complexity index is 889. The lowest BCUT2D eigenvalue weighted by molar-refractivity contribution is -0.138. The minimum absolute atomic E-state index is 0.0252. The van der Waals surface area contributed by atoms with E-state index < -0.39 is 11.9 Å². The SMILES string of the molecule is CCCC1=C(C(=O)OCC)C(c2cc(Cl)cc3c2OC(C)C3)/C(=C/N)C(N)=N1. The first kappa shape index (κ1) is 20.3. The number of halogens is 1. The van der Waals surface area contributed by atoms with E-state index in [0.29, 0.717) is 34.1 Å². The van der Waals surface area contributed by atoms with Crippen LogP contribution in [0.15, 0.2) is 40.2 Å². The van der Waals surface area contributed by atoms with Crippen LogP contribution in [0.25, 0.3) is 0 Å². The summed E-state index contributed by atoms with van der Waals surface area (Å²) in [5.41, 5.74) is 15.5. The van der Waals surface area contributed by atoms with E-state index in [9.17, 15) is 4.79 Å². The van der Waals surface area contributed by atoms with Gasteiger partial charge in [0.25, 0.3) is 0 Å². The lowest BCUT2D eigenvalue weighted by Gasteiger charge is -2.29. The molecule has 3 rings (SSSR count). The van der Waals surface area contributed by atoms with E-state index in [-0.39, 0.29) is 12.7 Å². The zero-order chi connectivity index (χ0) is 20.4. The van der Waals surface area contributed by atoms with Gasteiger partial charge in [-0.2, -0.15) is 0 Å². The molecule has 0 radical (unpaired) electrons. The number of carbonyl (C=O) groups is 1. The van der Waals surface area contributed by atoms with Crippen molar-refractivity contribution >= 4 is 23.4 Å². The Morgan fingerprint density at radius 3 is 2.82 bits per heavy atom. The molecule has 0 saturated heterocycles. The number of hydrogen-bond acceptors (Lipinski definition) is 6. The van der Waals surface area contributed by atoms with Crippen LogP contribution in [0, 0.1) is 0 Å². The highest BCUT2D eigenvalue weighted by Gasteiger charge is 2.38. The Balaban J connectivity index is 2.27. The average Bonchev–Trinajstić information content (AvgIpc) is 3.00. The number of ether oxygens (including phenoxy) is 2. The predicted octanol–water partition coefficient (Wildman–Crippen LogP) is 3.58. The molecule has 0 spiro atoms. The summed E-state index contributed by atoms with van der Waals surface area (Å²) in [5.74, 6) is 0.0598. The molecule has 28 heavy (non-hydrogen) atoms. The van der Waals surface area contributed by atoms with E-state index in [4.69, 9.17) is 32.5 Å². The molecule has 6 nitrogen and oxygen atoms in total. The summed E-state index contributed by atoms with van der Waals surface area (Å²) in [5, 5.41) is 0.573. The summed E-state index contributed by atoms with van der Waals surface area (Å²) in [6.07, 6.45) is 3.59. The summed E-state index contributed by atoms with van der Waals surface area (Å²) in [6.45, 7) is 6.05. The summed E-state index contributed by atoms with van der Waals surface area (Å²) in [7, 11) is 0. The molecule has 2 atom stereocenters. The summed E-state index contributed by atoms with van der Waals surface area (Å²) >= 11 is 6.41. The number of nitrogens with zero attached hydrogens (tertiary/aromatic N) is 1. The lowest BCUT2D eigenvalue weighted by Crippen LogP contribution is -2.30. The number of amidine groups is 1. The number of fused-ring (bicyclic) bond motifs is 1. The van der Waals surface area contributed by atoms with E-state index in [1.807, 2.05) is 26.0 Å². The van der Waals surface area contributed by atoms with Crippen molar-refractivity contribution in [3.8, 4) is 5.75 Å². The van der Waals surface area contributed by atoms with Gasteiger partial charge in [-0.15, -0.1) is 0 Å². The van der Waals surface area contributed by atoms with E-state index in [0.717, 1.165) is 29.7 Å². The molecule has 1 aromatic carbocycles. The van der Waals surface area contributed by atoms with Crippen molar-refractivity contribution in [1.29, 1.82) is 0 Å². The number of hydrogen-bond donors (Lipinski definition) is 2. The van der Waals surface area contributed by atoms with Crippen LogP contribution in [0.5, 0.6) is 5.75 Å². The van der Waals surface area contributed by atoms with E-state index >= 15 is 0 Å². The third kappa shape index (κ3) is 3.61. The largest absolute Gasteiger partial charge is 0.490 e. The molecular formula is C21H26ClN3O3. The number of benzene rings is 1. The Hall–Kier alpha value is -2.47. The molecule has 2 aliphatic rings. The monoisotopic (exact) mass is 403 g/mol. The molecule has 0 aromatic heterocycles. The number of aliphatic imine (C=N–C) groups is 1. The molecule has 2 heterocycles. The zero-order valence-electron chi connectivity index (χ0n) is 16.4. The van der Waals surface area contributed by atoms with Crippen LogP contribution in [-0.2, 0) is 16.0 Å². The van der Waals surface area contributed by atoms with Crippen molar-refractivity contribution in [3.63, 3.8) is 0 Å². The maximum atomic E-state index is 13.0. The Morgan fingerprint density at radius 1 is 1.43 bits per heavy atom. The molecule has 7 heteroatoms. The minimum Gasteiger partial charge on any atom is -0.490 e. The standard InChI is InChI=1S/C21H26ClN3O3/c1-4-6-16-18(21(26)27-5-2)17(15(10-23)20(24)25-16)14-9-13(22)8-12-7-11(3)28-19(12)14/h8-11,17H,4-7,23H2,1-3H3,(H2,24,25)/b15-10-. The van der Waals surface area contributed by atoms with Gasteiger partial charge in [0.2, 0.25) is 0 Å². The molecule has 0 fully saturated rings. The Morgan fingerprint density at radius 2 is 2.18 bits per heavy atom. The molecular weight excluding hydrogens is 378 g/mol. The van der Waals surface area contributed by atoms with Crippen molar-refractivity contribution < 1.29 is 14.3 Å². The predicted molar refractivity (Wildman–Crippen MR) is 110 cm³/mol. The van der Waals surface area contributed by atoms with Crippen LogP contribution in [-0.4, -0.2) is 24.5 Å². The fraction of sp³-hybridized carbons (Fsp3) is 0.429. The van der Waals surface area contributed by atoms with Crippen LogP contribution >= 0.6 is 11.6 Å². The van der Waals surface area contributed by atoms with Gasteiger partial charge in [0.1, 0.15) is 17.7 Å². The minimum atomic E-state index is -0.541. The molecule has 150 valence electrons. The molecule has 0 bridgehead atoms. The van der Waals surface area contributed by atoms with Crippen LogP contribution < -0.4 is 16.2 Å². The van der Waals surface area contributed by atoms with Gasteiger partial charge in [-0.3, -0.25) is 0 Å². The third-order valence-corrected chi connectivity index (χ3v) is 5.14. The highest BCUT2D eigenvalue weighted by atomic mass is 35.5. The van der Waals surface area contributed by atoms with Gasteiger partial charge in [-0.1, -0.05) is 24.9 Å². The average molecular weight is 404 g/mol. The smallest absolute Gasteiger partial charge is 0.336 e. The lowest BCUT2D eigenvalue weighted by atomic mass is 9.79. The third-order valence-electron chi connectivity index (χ3n) is 4.92. The normalized spacial score (nSPS) is 22.7. The molecule has 0 aliphatic carbocycles. The number of carbonyl (C=O) groups excluding carboxylic acids is 1. The van der Waals surface area contributed by atoms with Gasteiger partial charge >= 0.3 is 5.97 Å². The zero-order valence-corrected chi connectivity index (χ0v) is 17.2. The second-order valence-corrected chi connectivity index (χ2v) is 7.44. The highest BCUT2D eigenvalue weighted by molar-refractivity contribution is 6.30. The maximum Gasteiger partial charge on any atom is 0.336 e. The van der Waals surface area contributed by atoms with Gasteiger partial charge in [-0.05, 0) is 38.0 Å². The van der Waals surface area contributed by atoms with Gasteiger partial charge in [0, 0.05) is 28.8 Å². The summed E-state index contributed by atoms with van der Waals surface area (Å²) in [4.78, 5) is 17.4. The molecule has 0 amide bonds. The first-order chi connectivity index (χ1) is 13.4. The number of esters is 1. The van der Waals surface area contributed by atoms with Crippen molar-refractivity contribution in [2.24, 2.45) is 16.5 Å². The molecule has 2 aliphatic heterocycles. The summed E-state index contributed by atoms with van der Waals surface area (Å²) in [6, 6.07) is 3.71. The molecule has 2 unspecified atom stereocenters. The van der Waals surface area contributed by atoms with Crippen LogP contribution in [0.2, 0.25) is 5.02 Å². The quantitative estimate of drug-likeness (QED) is 0.732. The Labute approximate surface area is 170 Å². The van der Waals surface area contributed by atoms with Crippen molar-refractivity contribution in [3.05, 3.63) is 51.3 Å². The fourth-order valence-corrected chi connectivity index (χ4v) is 4.10. The van der Waals surface area contributed by atoms with Crippen molar-refractivity contribution in [2.75, 3.05) is 6.61 Å². The van der Waals surface area contributed by atoms with Crippen LogP contribution in [0.4, 0.5) is 0 Å². The fourth-order valence-electron chi connectivity index (χ4n) is 3.85. The Kier molecular flexibility index (Phi) is 5.98. The number of allylic oxidation sites excluding steroid dienone is 1. The second-order valence-electron chi connectivity index (χ2n) is 7.00. The van der Waals surface area contributed by atoms with E-state index in [2.05, 4.69) is 4.99 Å². The van der Waals surface area contributed by atoms with Gasteiger partial charge < -0.3 is 20.9 Å². The molecule has 1 aromatic rings. The maximum absolute atomic E-state index is 13.0. The first-order valence-corrected chi connectivity index (χ1v) is 9.94. The molecule has 4 N–H and O–H groups in total. The number of nitrogens with two attached hydrogens (primary N) is 2. The highest BCUT2D eigenvalue weighted by Crippen LogP contribution is 2.47. The van der Waals surface area contributed by atoms with E-state index in [1.165, 1.54) is 6.20 Å². The van der Waals surface area contributed by atoms with Crippen molar-refractivity contribution in [2.45, 2.75) is 52.1 Å². The van der Waals surface area contributed by atoms with Crippen LogP contribution in [0.1, 0.15) is 50.7 Å². The van der Waals surface area contributed by atoms with Gasteiger partial charge in [-0.25, -0.2) is 9.79 Å². The number of rotatable bonds is 5. The topological polar surface area (TPSA) is 99.9 Å². The van der Waals surface area contributed by atoms with Gasteiger partial charge in [0.05, 0.1) is 23.8 Å². The molecule has 0 saturated carbocycles. The van der Waals surface area contributed by atoms with Crippen LogP contribution in [0.3, 0.4) is 0 Å². The van der Waals surface area contributed by atoms with Gasteiger partial charge in [0.15, 0.2) is 0 Å². The van der Waals surface area contributed by atoms with E-state index in [1.54, 1.807) is 6.92 Å².